The molecule has 2 aliphatic carbocycles. The first-order valence-corrected chi connectivity index (χ1v) is 8.72. The maximum absolute atomic E-state index is 12.3. The molecule has 3 aliphatic rings. The minimum atomic E-state index is -0.748. The second kappa shape index (κ2) is 4.62. The quantitative estimate of drug-likeness (QED) is 0.808. The Kier molecular flexibility index (Phi) is 3.07. The molecule has 2 fully saturated rings. The van der Waals surface area contributed by atoms with E-state index in [9.17, 15) is 9.90 Å². The summed E-state index contributed by atoms with van der Waals surface area (Å²) in [5.74, 6) is 0.462. The van der Waals surface area contributed by atoms with E-state index in [4.69, 9.17) is 9.15 Å². The summed E-state index contributed by atoms with van der Waals surface area (Å²) in [6, 6.07) is 0. The summed E-state index contributed by atoms with van der Waals surface area (Å²) in [6.07, 6.45) is 8.37. The van der Waals surface area contributed by atoms with Crippen LogP contribution in [0.1, 0.15) is 57.6 Å². The average molecular weight is 318 g/mol. The number of hydrogen-bond donors (Lipinski definition) is 1. The van der Waals surface area contributed by atoms with Gasteiger partial charge in [-0.3, -0.25) is 4.79 Å². The van der Waals surface area contributed by atoms with Crippen molar-refractivity contribution in [2.75, 3.05) is 6.61 Å². The van der Waals surface area contributed by atoms with E-state index in [1.165, 1.54) is 11.1 Å². The molecule has 4 rings (SSSR count). The van der Waals surface area contributed by atoms with Crippen molar-refractivity contribution in [1.29, 1.82) is 0 Å². The number of esters is 1. The van der Waals surface area contributed by atoms with Crippen LogP contribution in [-0.4, -0.2) is 23.3 Å². The van der Waals surface area contributed by atoms with Crippen molar-refractivity contribution < 1.29 is 19.1 Å². The van der Waals surface area contributed by atoms with E-state index < -0.39 is 5.60 Å². The number of carbonyl (C=O) groups is 1. The first kappa shape index (κ1) is 15.3. The van der Waals surface area contributed by atoms with Gasteiger partial charge >= 0.3 is 5.97 Å². The van der Waals surface area contributed by atoms with Crippen molar-refractivity contribution in [3.8, 4) is 0 Å². The third kappa shape index (κ3) is 1.84. The second-order valence-corrected chi connectivity index (χ2v) is 8.54. The summed E-state index contributed by atoms with van der Waals surface area (Å²) in [6.45, 7) is 6.39. The molecule has 4 heteroatoms. The summed E-state index contributed by atoms with van der Waals surface area (Å²) < 4.78 is 11.1. The highest BCUT2D eigenvalue weighted by Gasteiger charge is 2.63. The largest absolute Gasteiger partial charge is 0.472 e. The fraction of sp³-hybridized carbons (Fsp3) is 0.737. The summed E-state index contributed by atoms with van der Waals surface area (Å²) in [4.78, 5) is 12.3. The normalized spacial score (nSPS) is 45.7. The zero-order valence-electron chi connectivity index (χ0n) is 14.2. The fourth-order valence-corrected chi connectivity index (χ4v) is 6.28. The van der Waals surface area contributed by atoms with E-state index in [1.54, 1.807) is 0 Å². The van der Waals surface area contributed by atoms with E-state index in [0.717, 1.165) is 25.7 Å². The number of aliphatic hydroxyl groups is 1. The Morgan fingerprint density at radius 1 is 1.22 bits per heavy atom. The molecule has 1 N–H and O–H groups in total. The molecule has 1 aliphatic heterocycles. The molecule has 1 aromatic heterocycles. The summed E-state index contributed by atoms with van der Waals surface area (Å²) >= 11 is 0. The maximum atomic E-state index is 12.3. The molecular formula is C19H26O4. The molecule has 0 bridgehead atoms. The molecule has 2 heterocycles. The number of cyclic esters (lactones) is 1. The lowest BCUT2D eigenvalue weighted by atomic mass is 9.44. The Morgan fingerprint density at radius 2 is 2.00 bits per heavy atom. The summed E-state index contributed by atoms with van der Waals surface area (Å²) in [7, 11) is 0. The molecule has 4 nitrogen and oxygen atoms in total. The van der Waals surface area contributed by atoms with Gasteiger partial charge in [-0.1, -0.05) is 13.8 Å². The monoisotopic (exact) mass is 318 g/mol. The fourth-order valence-electron chi connectivity index (χ4n) is 6.28. The third-order valence-corrected chi connectivity index (χ3v) is 7.30. The number of hydrogen-bond acceptors (Lipinski definition) is 4. The Labute approximate surface area is 137 Å². The van der Waals surface area contributed by atoms with Crippen LogP contribution in [0.3, 0.4) is 0 Å². The van der Waals surface area contributed by atoms with Gasteiger partial charge in [-0.15, -0.1) is 0 Å². The number of furan rings is 1. The number of carbonyl (C=O) groups excluding carboxylic acids is 1. The summed E-state index contributed by atoms with van der Waals surface area (Å²) in [5, 5.41) is 9.91. The van der Waals surface area contributed by atoms with Gasteiger partial charge in [-0.2, -0.15) is 0 Å². The first-order valence-electron chi connectivity index (χ1n) is 8.72. The van der Waals surface area contributed by atoms with Crippen molar-refractivity contribution in [3.05, 3.63) is 23.7 Å². The number of aliphatic hydroxyl groups excluding tert-OH is 1. The predicted octanol–water partition coefficient (Wildman–Crippen LogP) is 3.21. The van der Waals surface area contributed by atoms with Crippen molar-refractivity contribution in [3.63, 3.8) is 0 Å². The zero-order valence-corrected chi connectivity index (χ0v) is 14.2. The van der Waals surface area contributed by atoms with Crippen LogP contribution >= 0.6 is 0 Å². The van der Waals surface area contributed by atoms with Gasteiger partial charge < -0.3 is 14.3 Å². The maximum Gasteiger partial charge on any atom is 0.306 e. The van der Waals surface area contributed by atoms with Gasteiger partial charge in [0.25, 0.3) is 0 Å². The minimum absolute atomic E-state index is 0.0554. The van der Waals surface area contributed by atoms with Crippen LogP contribution < -0.4 is 0 Å². The SMILES string of the molecule is C[C@]12CC(=O)O[C@](C)(CO)C1CC[C@@]1(C)c3cocc3CCC21. The Morgan fingerprint density at radius 3 is 2.74 bits per heavy atom. The van der Waals surface area contributed by atoms with Crippen molar-refractivity contribution in [2.24, 2.45) is 17.3 Å². The molecule has 5 atom stereocenters. The van der Waals surface area contributed by atoms with Crippen molar-refractivity contribution in [1.82, 2.24) is 0 Å². The van der Waals surface area contributed by atoms with Crippen LogP contribution in [0.2, 0.25) is 0 Å². The molecule has 1 aromatic rings. The second-order valence-electron chi connectivity index (χ2n) is 8.54. The summed E-state index contributed by atoms with van der Waals surface area (Å²) in [5.41, 5.74) is 1.84. The highest BCUT2D eigenvalue weighted by atomic mass is 16.6. The molecule has 0 radical (unpaired) electrons. The standard InChI is InChI=1S/C19H26O4/c1-17-7-6-15-18(2,8-16(21)23-19(15,3)11-20)14(17)5-4-12-9-22-10-13(12)17/h9-10,14-15,20H,4-8,11H2,1-3H3/t14?,15?,17-,18+,19+/m0/s1. The lowest BCUT2D eigenvalue weighted by molar-refractivity contribution is -0.219. The first-order chi connectivity index (χ1) is 10.8. The van der Waals surface area contributed by atoms with Gasteiger partial charge in [0, 0.05) is 5.92 Å². The van der Waals surface area contributed by atoms with Gasteiger partial charge in [-0.05, 0) is 60.5 Å². The predicted molar refractivity (Wildman–Crippen MR) is 84.9 cm³/mol. The van der Waals surface area contributed by atoms with E-state index in [-0.39, 0.29) is 29.3 Å². The van der Waals surface area contributed by atoms with Crippen LogP contribution in [0.4, 0.5) is 0 Å². The number of rotatable bonds is 1. The van der Waals surface area contributed by atoms with Crippen LogP contribution in [0, 0.1) is 17.3 Å². The highest BCUT2D eigenvalue weighted by molar-refractivity contribution is 5.72. The van der Waals surface area contributed by atoms with E-state index in [2.05, 4.69) is 13.8 Å². The molecule has 0 spiro atoms. The van der Waals surface area contributed by atoms with Gasteiger partial charge in [0.15, 0.2) is 0 Å². The molecule has 0 amide bonds. The molecular weight excluding hydrogens is 292 g/mol. The zero-order chi connectivity index (χ0) is 16.5. The lowest BCUT2D eigenvalue weighted by Gasteiger charge is -2.62. The molecule has 2 unspecified atom stereocenters. The lowest BCUT2D eigenvalue weighted by Crippen LogP contribution is -2.63. The van der Waals surface area contributed by atoms with Crippen LogP contribution in [0.5, 0.6) is 0 Å². The number of fused-ring (bicyclic) bond motifs is 5. The number of aryl methyl sites for hydroxylation is 1. The van der Waals surface area contributed by atoms with Gasteiger partial charge in [0.05, 0.1) is 25.6 Å². The molecule has 23 heavy (non-hydrogen) atoms. The smallest absolute Gasteiger partial charge is 0.306 e. The minimum Gasteiger partial charge on any atom is -0.472 e. The van der Waals surface area contributed by atoms with E-state index in [1.807, 2.05) is 19.5 Å². The highest BCUT2D eigenvalue weighted by Crippen LogP contribution is 2.64. The van der Waals surface area contributed by atoms with E-state index in [0.29, 0.717) is 12.3 Å². The molecule has 1 saturated heterocycles. The average Bonchev–Trinajstić information content (AvgIpc) is 2.95. The Hall–Kier alpha value is -1.29. The Bertz CT molecular complexity index is 650. The molecule has 1 saturated carbocycles. The van der Waals surface area contributed by atoms with Crippen molar-refractivity contribution >= 4 is 5.97 Å². The van der Waals surface area contributed by atoms with Crippen molar-refractivity contribution in [2.45, 2.75) is 63.9 Å². The van der Waals surface area contributed by atoms with Crippen LogP contribution in [0.15, 0.2) is 16.9 Å². The van der Waals surface area contributed by atoms with Gasteiger partial charge in [0.1, 0.15) is 5.60 Å². The van der Waals surface area contributed by atoms with Crippen LogP contribution in [0.25, 0.3) is 0 Å². The molecule has 126 valence electrons. The third-order valence-electron chi connectivity index (χ3n) is 7.30. The van der Waals surface area contributed by atoms with E-state index >= 15 is 0 Å². The molecule has 0 aromatic carbocycles. The Balaban J connectivity index is 1.81. The number of ether oxygens (including phenoxy) is 1. The van der Waals surface area contributed by atoms with Crippen LogP contribution in [-0.2, 0) is 21.4 Å². The topological polar surface area (TPSA) is 59.7 Å². The van der Waals surface area contributed by atoms with Gasteiger partial charge in [0.2, 0.25) is 0 Å². The van der Waals surface area contributed by atoms with Gasteiger partial charge in [-0.25, -0.2) is 0 Å².